The molecule has 0 amide bonds. The van der Waals surface area contributed by atoms with Gasteiger partial charge in [0.2, 0.25) is 0 Å². The number of hydrogen-bond acceptors (Lipinski definition) is 3. The molecule has 0 aliphatic rings. The number of furan rings is 1. The van der Waals surface area contributed by atoms with Crippen LogP contribution in [0.4, 0.5) is 0 Å². The van der Waals surface area contributed by atoms with Crippen molar-refractivity contribution >= 4 is 22.5 Å². The third-order valence-electron chi connectivity index (χ3n) is 3.29. The summed E-state index contributed by atoms with van der Waals surface area (Å²) >= 11 is 5.95. The molecule has 2 N–H and O–H groups in total. The van der Waals surface area contributed by atoms with E-state index in [1.807, 2.05) is 29.9 Å². The van der Waals surface area contributed by atoms with E-state index >= 15 is 0 Å². The minimum absolute atomic E-state index is 0.218. The number of aryl methyl sites for hydroxylation is 1. The van der Waals surface area contributed by atoms with E-state index in [2.05, 4.69) is 11.2 Å². The molecule has 0 saturated carbocycles. The van der Waals surface area contributed by atoms with Crippen molar-refractivity contribution in [3.05, 3.63) is 53.1 Å². The zero-order chi connectivity index (χ0) is 13.4. The molecular weight excluding hydrogens is 262 g/mol. The van der Waals surface area contributed by atoms with Crippen LogP contribution in [0.15, 0.2) is 41.0 Å². The predicted molar refractivity (Wildman–Crippen MR) is 75.1 cm³/mol. The molecule has 3 aromatic rings. The number of rotatable bonds is 3. The Balaban J connectivity index is 1.96. The molecule has 1 unspecified atom stereocenters. The molecule has 19 heavy (non-hydrogen) atoms. The first kappa shape index (κ1) is 12.3. The van der Waals surface area contributed by atoms with Gasteiger partial charge in [-0.25, -0.2) is 0 Å². The highest BCUT2D eigenvalue weighted by Crippen LogP contribution is 2.27. The lowest BCUT2D eigenvalue weighted by molar-refractivity contribution is 0.559. The molecule has 2 aromatic heterocycles. The molecule has 3 rings (SSSR count). The Morgan fingerprint density at radius 1 is 1.37 bits per heavy atom. The van der Waals surface area contributed by atoms with E-state index in [1.165, 1.54) is 0 Å². The van der Waals surface area contributed by atoms with E-state index in [9.17, 15) is 0 Å². The Morgan fingerprint density at radius 2 is 2.16 bits per heavy atom. The maximum Gasteiger partial charge on any atom is 0.197 e. The standard InChI is InChI=1S/C14H14ClN3O/c1-18-13-5-3-2-4-10(13)12(17-18)8-11(16)9-6-7-19-14(9)15/h2-7,11H,8,16H2,1H3. The second-order valence-corrected chi connectivity index (χ2v) is 4.89. The average Bonchev–Trinajstić information content (AvgIpc) is 2.95. The number of nitrogens with two attached hydrogens (primary N) is 1. The van der Waals surface area contributed by atoms with E-state index < -0.39 is 0 Å². The first-order valence-corrected chi connectivity index (χ1v) is 6.43. The van der Waals surface area contributed by atoms with Gasteiger partial charge in [0.15, 0.2) is 5.22 Å². The number of hydrogen-bond donors (Lipinski definition) is 1. The third-order valence-corrected chi connectivity index (χ3v) is 3.60. The highest BCUT2D eigenvalue weighted by molar-refractivity contribution is 6.29. The van der Waals surface area contributed by atoms with Crippen LogP contribution < -0.4 is 5.73 Å². The monoisotopic (exact) mass is 275 g/mol. The van der Waals surface area contributed by atoms with Gasteiger partial charge in [0, 0.05) is 30.5 Å². The number of para-hydroxylation sites is 1. The Kier molecular flexibility index (Phi) is 3.05. The summed E-state index contributed by atoms with van der Waals surface area (Å²) in [4.78, 5) is 0. The zero-order valence-corrected chi connectivity index (χ0v) is 11.3. The van der Waals surface area contributed by atoms with Crippen molar-refractivity contribution in [3.8, 4) is 0 Å². The summed E-state index contributed by atoms with van der Waals surface area (Å²) in [5.74, 6) is 0. The largest absolute Gasteiger partial charge is 0.453 e. The first-order valence-electron chi connectivity index (χ1n) is 6.06. The molecule has 0 radical (unpaired) electrons. The number of halogens is 1. The van der Waals surface area contributed by atoms with Crippen LogP contribution in [-0.4, -0.2) is 9.78 Å². The van der Waals surface area contributed by atoms with Crippen molar-refractivity contribution in [3.63, 3.8) is 0 Å². The minimum atomic E-state index is -0.218. The van der Waals surface area contributed by atoms with Crippen molar-refractivity contribution < 1.29 is 4.42 Å². The Hall–Kier alpha value is -1.78. The average molecular weight is 276 g/mol. The summed E-state index contributed by atoms with van der Waals surface area (Å²) in [5, 5.41) is 6.01. The van der Waals surface area contributed by atoms with Crippen LogP contribution in [0.1, 0.15) is 17.3 Å². The van der Waals surface area contributed by atoms with Gasteiger partial charge in [0.25, 0.3) is 0 Å². The molecule has 5 heteroatoms. The second kappa shape index (κ2) is 4.72. The quantitative estimate of drug-likeness (QED) is 0.799. The van der Waals surface area contributed by atoms with Crippen molar-refractivity contribution in [2.75, 3.05) is 0 Å². The van der Waals surface area contributed by atoms with Crippen LogP contribution in [0.25, 0.3) is 10.9 Å². The molecule has 0 bridgehead atoms. The first-order chi connectivity index (χ1) is 9.16. The van der Waals surface area contributed by atoms with E-state index in [-0.39, 0.29) is 6.04 Å². The van der Waals surface area contributed by atoms with Gasteiger partial charge in [0.05, 0.1) is 17.5 Å². The van der Waals surface area contributed by atoms with Gasteiger partial charge >= 0.3 is 0 Å². The van der Waals surface area contributed by atoms with Crippen LogP contribution >= 0.6 is 11.6 Å². The summed E-state index contributed by atoms with van der Waals surface area (Å²) in [6, 6.07) is 9.69. The highest BCUT2D eigenvalue weighted by Gasteiger charge is 2.17. The fraction of sp³-hybridized carbons (Fsp3) is 0.214. The summed E-state index contributed by atoms with van der Waals surface area (Å²) in [6.07, 6.45) is 2.18. The fourth-order valence-corrected chi connectivity index (χ4v) is 2.58. The van der Waals surface area contributed by atoms with Crippen LogP contribution in [-0.2, 0) is 13.5 Å². The van der Waals surface area contributed by atoms with Crippen molar-refractivity contribution in [2.45, 2.75) is 12.5 Å². The van der Waals surface area contributed by atoms with Gasteiger partial charge in [0.1, 0.15) is 0 Å². The molecule has 0 spiro atoms. The topological polar surface area (TPSA) is 57.0 Å². The summed E-state index contributed by atoms with van der Waals surface area (Å²) in [5.41, 5.74) is 9.07. The van der Waals surface area contributed by atoms with Crippen molar-refractivity contribution in [1.29, 1.82) is 0 Å². The minimum Gasteiger partial charge on any atom is -0.453 e. The summed E-state index contributed by atoms with van der Waals surface area (Å²) in [6.45, 7) is 0. The molecule has 0 saturated heterocycles. The maximum absolute atomic E-state index is 6.18. The molecule has 0 fully saturated rings. The van der Waals surface area contributed by atoms with E-state index in [1.54, 1.807) is 12.3 Å². The van der Waals surface area contributed by atoms with Gasteiger partial charge in [-0.3, -0.25) is 4.68 Å². The number of benzene rings is 1. The van der Waals surface area contributed by atoms with Gasteiger partial charge in [-0.1, -0.05) is 18.2 Å². The van der Waals surface area contributed by atoms with Crippen LogP contribution in [0.2, 0.25) is 5.22 Å². The summed E-state index contributed by atoms with van der Waals surface area (Å²) in [7, 11) is 1.93. The van der Waals surface area contributed by atoms with E-state index in [0.717, 1.165) is 22.2 Å². The zero-order valence-electron chi connectivity index (χ0n) is 10.5. The lowest BCUT2D eigenvalue weighted by Crippen LogP contribution is -2.13. The Labute approximate surface area is 115 Å². The van der Waals surface area contributed by atoms with Crippen LogP contribution in [0.3, 0.4) is 0 Å². The molecule has 0 aliphatic heterocycles. The number of fused-ring (bicyclic) bond motifs is 1. The molecular formula is C14H14ClN3O. The molecule has 2 heterocycles. The lowest BCUT2D eigenvalue weighted by atomic mass is 10.0. The van der Waals surface area contributed by atoms with Gasteiger partial charge in [-0.05, 0) is 23.7 Å². The third kappa shape index (κ3) is 2.13. The van der Waals surface area contributed by atoms with E-state index in [4.69, 9.17) is 21.8 Å². The molecule has 98 valence electrons. The molecule has 1 aromatic carbocycles. The SMILES string of the molecule is Cn1nc(CC(N)c2ccoc2Cl)c2ccccc21. The Bertz CT molecular complexity index is 716. The van der Waals surface area contributed by atoms with Crippen molar-refractivity contribution in [2.24, 2.45) is 12.8 Å². The highest BCUT2D eigenvalue weighted by atomic mass is 35.5. The van der Waals surface area contributed by atoms with Crippen molar-refractivity contribution in [1.82, 2.24) is 9.78 Å². The maximum atomic E-state index is 6.18. The number of nitrogens with zero attached hydrogens (tertiary/aromatic N) is 2. The van der Waals surface area contributed by atoms with Crippen LogP contribution in [0.5, 0.6) is 0 Å². The number of aromatic nitrogens is 2. The molecule has 0 aliphatic carbocycles. The normalized spacial score (nSPS) is 13.0. The van der Waals surface area contributed by atoms with Gasteiger partial charge < -0.3 is 10.2 Å². The fourth-order valence-electron chi connectivity index (χ4n) is 2.33. The molecule has 1 atom stereocenters. The van der Waals surface area contributed by atoms with Crippen LogP contribution in [0, 0.1) is 0 Å². The smallest absolute Gasteiger partial charge is 0.197 e. The second-order valence-electron chi connectivity index (χ2n) is 4.55. The molecule has 4 nitrogen and oxygen atoms in total. The van der Waals surface area contributed by atoms with Gasteiger partial charge in [-0.15, -0.1) is 0 Å². The predicted octanol–water partition coefficient (Wildman–Crippen LogP) is 3.06. The summed E-state index contributed by atoms with van der Waals surface area (Å²) < 4.78 is 6.95. The van der Waals surface area contributed by atoms with Gasteiger partial charge in [-0.2, -0.15) is 5.10 Å². The Morgan fingerprint density at radius 3 is 2.89 bits per heavy atom. The lowest BCUT2D eigenvalue weighted by Gasteiger charge is -2.08. The van der Waals surface area contributed by atoms with E-state index in [0.29, 0.717) is 11.6 Å².